The molecule has 0 saturated heterocycles. The SMILES string of the molecule is CC(CN(C)C)Nc1cc(C(=O)O)nc2ccccc12. The summed E-state index contributed by atoms with van der Waals surface area (Å²) in [4.78, 5) is 17.4. The van der Waals surface area contributed by atoms with E-state index in [1.54, 1.807) is 6.07 Å². The molecule has 1 heterocycles. The first kappa shape index (κ1) is 14.3. The summed E-state index contributed by atoms with van der Waals surface area (Å²) in [6, 6.07) is 9.34. The van der Waals surface area contributed by atoms with Crippen LogP contribution in [0, 0.1) is 0 Å². The van der Waals surface area contributed by atoms with Crippen molar-refractivity contribution >= 4 is 22.6 Å². The van der Waals surface area contributed by atoms with Crippen molar-refractivity contribution in [1.82, 2.24) is 9.88 Å². The van der Waals surface area contributed by atoms with Gasteiger partial charge < -0.3 is 15.3 Å². The third-order valence-corrected chi connectivity index (χ3v) is 2.98. The Balaban J connectivity index is 2.42. The third kappa shape index (κ3) is 3.24. The summed E-state index contributed by atoms with van der Waals surface area (Å²) in [5.41, 5.74) is 1.55. The monoisotopic (exact) mass is 273 g/mol. The number of hydrogen-bond acceptors (Lipinski definition) is 4. The van der Waals surface area contributed by atoms with Crippen molar-refractivity contribution < 1.29 is 9.90 Å². The number of pyridine rings is 1. The van der Waals surface area contributed by atoms with Crippen LogP contribution in [0.1, 0.15) is 17.4 Å². The van der Waals surface area contributed by atoms with Crippen LogP contribution >= 0.6 is 0 Å². The minimum absolute atomic E-state index is 0.0586. The smallest absolute Gasteiger partial charge is 0.354 e. The lowest BCUT2D eigenvalue weighted by Crippen LogP contribution is -2.29. The van der Waals surface area contributed by atoms with Crippen molar-refractivity contribution in [2.24, 2.45) is 0 Å². The molecule has 2 N–H and O–H groups in total. The summed E-state index contributed by atoms with van der Waals surface area (Å²) in [5, 5.41) is 13.4. The molecular formula is C15H19N3O2. The Morgan fingerprint density at radius 2 is 2.10 bits per heavy atom. The molecule has 2 aromatic rings. The Morgan fingerprint density at radius 1 is 1.40 bits per heavy atom. The number of likely N-dealkylation sites (N-methyl/N-ethyl adjacent to an activating group) is 1. The van der Waals surface area contributed by atoms with Crippen LogP contribution in [-0.4, -0.2) is 47.6 Å². The number of nitrogens with zero attached hydrogens (tertiary/aromatic N) is 2. The van der Waals surface area contributed by atoms with Crippen LogP contribution < -0.4 is 5.32 Å². The van der Waals surface area contributed by atoms with Gasteiger partial charge in [-0.15, -0.1) is 0 Å². The number of rotatable bonds is 5. The van der Waals surface area contributed by atoms with Gasteiger partial charge in [0.2, 0.25) is 0 Å². The van der Waals surface area contributed by atoms with E-state index in [1.807, 2.05) is 38.4 Å². The number of aromatic nitrogens is 1. The first-order valence-corrected chi connectivity index (χ1v) is 6.51. The highest BCUT2D eigenvalue weighted by Gasteiger charge is 2.12. The average Bonchev–Trinajstić information content (AvgIpc) is 2.37. The maximum Gasteiger partial charge on any atom is 0.354 e. The van der Waals surface area contributed by atoms with Gasteiger partial charge in [-0.25, -0.2) is 9.78 Å². The van der Waals surface area contributed by atoms with Crippen LogP contribution in [0.5, 0.6) is 0 Å². The lowest BCUT2D eigenvalue weighted by molar-refractivity contribution is 0.0691. The Bertz CT molecular complexity index is 626. The lowest BCUT2D eigenvalue weighted by Gasteiger charge is -2.20. The van der Waals surface area contributed by atoms with Gasteiger partial charge in [-0.3, -0.25) is 0 Å². The van der Waals surface area contributed by atoms with Crippen molar-refractivity contribution in [3.63, 3.8) is 0 Å². The van der Waals surface area contributed by atoms with Crippen LogP contribution in [0.2, 0.25) is 0 Å². The molecule has 1 aromatic heterocycles. The molecule has 0 aliphatic heterocycles. The number of nitrogens with one attached hydrogen (secondary N) is 1. The fourth-order valence-corrected chi connectivity index (χ4v) is 2.26. The van der Waals surface area contributed by atoms with Crippen LogP contribution in [0.4, 0.5) is 5.69 Å². The number of benzene rings is 1. The van der Waals surface area contributed by atoms with Gasteiger partial charge in [-0.1, -0.05) is 18.2 Å². The maximum absolute atomic E-state index is 11.2. The molecule has 5 heteroatoms. The van der Waals surface area contributed by atoms with E-state index < -0.39 is 5.97 Å². The van der Waals surface area contributed by atoms with E-state index in [-0.39, 0.29) is 11.7 Å². The summed E-state index contributed by atoms with van der Waals surface area (Å²) < 4.78 is 0. The lowest BCUT2D eigenvalue weighted by atomic mass is 10.1. The predicted molar refractivity (Wildman–Crippen MR) is 80.3 cm³/mol. The number of carboxylic acid groups (broad SMARTS) is 1. The molecule has 0 aliphatic rings. The van der Waals surface area contributed by atoms with Gasteiger partial charge in [0.25, 0.3) is 0 Å². The topological polar surface area (TPSA) is 65.5 Å². The Hall–Kier alpha value is -2.14. The Labute approximate surface area is 118 Å². The first-order valence-electron chi connectivity index (χ1n) is 6.51. The molecule has 5 nitrogen and oxygen atoms in total. The number of carboxylic acids is 1. The molecule has 1 unspecified atom stereocenters. The van der Waals surface area contributed by atoms with Gasteiger partial charge in [0, 0.05) is 23.7 Å². The van der Waals surface area contributed by atoms with E-state index in [0.717, 1.165) is 17.6 Å². The Kier molecular flexibility index (Phi) is 4.20. The highest BCUT2D eigenvalue weighted by atomic mass is 16.4. The van der Waals surface area contributed by atoms with E-state index in [4.69, 9.17) is 5.11 Å². The first-order chi connectivity index (χ1) is 9.47. The van der Waals surface area contributed by atoms with Gasteiger partial charge in [-0.2, -0.15) is 0 Å². The molecule has 0 aliphatic carbocycles. The summed E-state index contributed by atoms with van der Waals surface area (Å²) in [5.74, 6) is -1.01. The standard InChI is InChI=1S/C15H19N3O2/c1-10(9-18(2)3)16-13-8-14(15(19)20)17-12-7-5-4-6-11(12)13/h4-8,10H,9H2,1-3H3,(H,16,17)(H,19,20). The Morgan fingerprint density at radius 3 is 2.75 bits per heavy atom. The molecule has 0 saturated carbocycles. The van der Waals surface area contributed by atoms with Gasteiger partial charge in [0.05, 0.1) is 5.52 Å². The maximum atomic E-state index is 11.2. The van der Waals surface area contributed by atoms with Crippen LogP contribution in [-0.2, 0) is 0 Å². The van der Waals surface area contributed by atoms with E-state index in [9.17, 15) is 4.79 Å². The fourth-order valence-electron chi connectivity index (χ4n) is 2.26. The summed E-state index contributed by atoms with van der Waals surface area (Å²) >= 11 is 0. The second-order valence-electron chi connectivity index (χ2n) is 5.18. The average molecular weight is 273 g/mol. The van der Waals surface area contributed by atoms with Crippen LogP contribution in [0.25, 0.3) is 10.9 Å². The molecule has 0 bridgehead atoms. The molecular weight excluding hydrogens is 254 g/mol. The highest BCUT2D eigenvalue weighted by Crippen LogP contribution is 2.23. The van der Waals surface area contributed by atoms with Crippen molar-refractivity contribution in [3.8, 4) is 0 Å². The fraction of sp³-hybridized carbons (Fsp3) is 0.333. The molecule has 1 aromatic carbocycles. The zero-order valence-corrected chi connectivity index (χ0v) is 11.9. The largest absolute Gasteiger partial charge is 0.477 e. The minimum atomic E-state index is -1.01. The second-order valence-corrected chi connectivity index (χ2v) is 5.18. The number of carbonyl (C=O) groups is 1. The predicted octanol–water partition coefficient (Wildman–Crippen LogP) is 2.29. The molecule has 0 spiro atoms. The quantitative estimate of drug-likeness (QED) is 0.875. The second kappa shape index (κ2) is 5.88. The molecule has 0 radical (unpaired) electrons. The van der Waals surface area contributed by atoms with Crippen LogP contribution in [0.3, 0.4) is 0 Å². The van der Waals surface area contributed by atoms with E-state index in [2.05, 4.69) is 22.1 Å². The third-order valence-electron chi connectivity index (χ3n) is 2.98. The minimum Gasteiger partial charge on any atom is -0.477 e. The number of hydrogen-bond donors (Lipinski definition) is 2. The summed E-state index contributed by atoms with van der Waals surface area (Å²) in [7, 11) is 4.01. The molecule has 2 rings (SSSR count). The highest BCUT2D eigenvalue weighted by molar-refractivity contribution is 5.97. The van der Waals surface area contributed by atoms with Crippen molar-refractivity contribution in [2.45, 2.75) is 13.0 Å². The van der Waals surface area contributed by atoms with Gasteiger partial charge in [0.15, 0.2) is 5.69 Å². The number of para-hydroxylation sites is 1. The number of aromatic carboxylic acids is 1. The van der Waals surface area contributed by atoms with Gasteiger partial charge in [-0.05, 0) is 33.2 Å². The zero-order chi connectivity index (χ0) is 14.7. The van der Waals surface area contributed by atoms with Gasteiger partial charge in [0.1, 0.15) is 0 Å². The summed E-state index contributed by atoms with van der Waals surface area (Å²) in [6.45, 7) is 2.93. The number of anilines is 1. The molecule has 106 valence electrons. The zero-order valence-electron chi connectivity index (χ0n) is 11.9. The molecule has 0 amide bonds. The van der Waals surface area contributed by atoms with Crippen molar-refractivity contribution in [1.29, 1.82) is 0 Å². The number of fused-ring (bicyclic) bond motifs is 1. The molecule has 20 heavy (non-hydrogen) atoms. The van der Waals surface area contributed by atoms with Crippen molar-refractivity contribution in [2.75, 3.05) is 26.0 Å². The van der Waals surface area contributed by atoms with E-state index in [1.165, 1.54) is 0 Å². The van der Waals surface area contributed by atoms with E-state index >= 15 is 0 Å². The van der Waals surface area contributed by atoms with Gasteiger partial charge >= 0.3 is 5.97 Å². The van der Waals surface area contributed by atoms with E-state index in [0.29, 0.717) is 5.52 Å². The normalized spacial score (nSPS) is 12.6. The summed E-state index contributed by atoms with van der Waals surface area (Å²) in [6.07, 6.45) is 0. The molecule has 0 fully saturated rings. The molecule has 1 atom stereocenters. The van der Waals surface area contributed by atoms with Crippen molar-refractivity contribution in [3.05, 3.63) is 36.0 Å². The van der Waals surface area contributed by atoms with Crippen LogP contribution in [0.15, 0.2) is 30.3 Å².